The highest BCUT2D eigenvalue weighted by Gasteiger charge is 2.35. The molecule has 2 saturated heterocycles. The number of carbonyl (C=O) groups is 2. The molecule has 1 N–H and O–H groups in total. The molecule has 0 bridgehead atoms. The monoisotopic (exact) mass is 340 g/mol. The summed E-state index contributed by atoms with van der Waals surface area (Å²) in [7, 11) is 1.67. The fourth-order valence-electron chi connectivity index (χ4n) is 3.72. The molecule has 0 spiro atoms. The third-order valence-electron chi connectivity index (χ3n) is 5.09. The summed E-state index contributed by atoms with van der Waals surface area (Å²) >= 11 is 0. The Hall–Kier alpha value is -1.18. The first kappa shape index (κ1) is 19.1. The van der Waals surface area contributed by atoms with Gasteiger partial charge in [-0.2, -0.15) is 0 Å². The number of hydrogen-bond donors (Lipinski definition) is 1. The number of piperazine rings is 1. The van der Waals surface area contributed by atoms with Gasteiger partial charge in [0.05, 0.1) is 6.54 Å². The molecule has 0 unspecified atom stereocenters. The highest BCUT2D eigenvalue weighted by Crippen LogP contribution is 2.22. The van der Waals surface area contributed by atoms with E-state index in [9.17, 15) is 9.59 Å². The molecule has 138 valence electrons. The van der Waals surface area contributed by atoms with Crippen LogP contribution in [0.25, 0.3) is 0 Å². The summed E-state index contributed by atoms with van der Waals surface area (Å²) in [4.78, 5) is 30.1. The Morgan fingerprint density at radius 2 is 1.88 bits per heavy atom. The van der Waals surface area contributed by atoms with E-state index in [-0.39, 0.29) is 11.8 Å². The predicted octanol–water partition coefficient (Wildman–Crippen LogP) is -0.376. The highest BCUT2D eigenvalue weighted by molar-refractivity contribution is 5.78. The summed E-state index contributed by atoms with van der Waals surface area (Å²) in [5.74, 6) is 0.816. The molecule has 2 aliphatic rings. The van der Waals surface area contributed by atoms with E-state index in [1.54, 1.807) is 14.0 Å². The lowest BCUT2D eigenvalue weighted by Crippen LogP contribution is -2.53. The first-order valence-electron chi connectivity index (χ1n) is 8.98. The van der Waals surface area contributed by atoms with Crippen molar-refractivity contribution in [2.75, 3.05) is 66.1 Å². The largest absolute Gasteiger partial charge is 0.385 e. The first-order valence-corrected chi connectivity index (χ1v) is 8.98. The van der Waals surface area contributed by atoms with Gasteiger partial charge < -0.3 is 15.0 Å². The molecule has 7 nitrogen and oxygen atoms in total. The van der Waals surface area contributed by atoms with Gasteiger partial charge in [0.15, 0.2) is 0 Å². The van der Waals surface area contributed by atoms with Crippen molar-refractivity contribution in [3.63, 3.8) is 0 Å². The molecule has 2 rings (SSSR count). The van der Waals surface area contributed by atoms with Crippen LogP contribution in [0.1, 0.15) is 20.3 Å². The number of rotatable bonds is 7. The molecule has 0 saturated carbocycles. The zero-order valence-corrected chi connectivity index (χ0v) is 15.3. The Bertz CT molecular complexity index is 424. The Morgan fingerprint density at radius 1 is 1.17 bits per heavy atom. The van der Waals surface area contributed by atoms with E-state index in [4.69, 9.17) is 4.74 Å². The minimum atomic E-state index is 0.0975. The van der Waals surface area contributed by atoms with Gasteiger partial charge in [-0.25, -0.2) is 0 Å². The number of hydrogen-bond acceptors (Lipinski definition) is 5. The lowest BCUT2D eigenvalue weighted by molar-refractivity contribution is -0.131. The molecular formula is C17H32N4O3. The van der Waals surface area contributed by atoms with Crippen molar-refractivity contribution >= 4 is 11.8 Å². The summed E-state index contributed by atoms with van der Waals surface area (Å²) < 4.78 is 4.98. The van der Waals surface area contributed by atoms with Crippen molar-refractivity contribution in [1.29, 1.82) is 0 Å². The van der Waals surface area contributed by atoms with Crippen molar-refractivity contribution < 1.29 is 14.3 Å². The Kier molecular flexibility index (Phi) is 7.45. The summed E-state index contributed by atoms with van der Waals surface area (Å²) in [5, 5.41) is 2.95. The van der Waals surface area contributed by atoms with Gasteiger partial charge in [0.1, 0.15) is 0 Å². The van der Waals surface area contributed by atoms with Gasteiger partial charge in [-0.1, -0.05) is 6.92 Å². The second-order valence-corrected chi connectivity index (χ2v) is 6.98. The van der Waals surface area contributed by atoms with Crippen LogP contribution in [0.15, 0.2) is 0 Å². The quantitative estimate of drug-likeness (QED) is 0.640. The van der Waals surface area contributed by atoms with Crippen molar-refractivity contribution in [3.05, 3.63) is 0 Å². The van der Waals surface area contributed by atoms with Crippen molar-refractivity contribution in [2.24, 2.45) is 5.92 Å². The maximum Gasteiger partial charge on any atom is 0.234 e. The Balaban J connectivity index is 1.72. The average molecular weight is 340 g/mol. The minimum Gasteiger partial charge on any atom is -0.385 e. The van der Waals surface area contributed by atoms with E-state index in [1.807, 2.05) is 4.90 Å². The van der Waals surface area contributed by atoms with Crippen molar-refractivity contribution in [1.82, 2.24) is 20.0 Å². The lowest BCUT2D eigenvalue weighted by Gasteiger charge is -2.39. The van der Waals surface area contributed by atoms with Gasteiger partial charge in [-0.3, -0.25) is 19.4 Å². The number of nitrogens with zero attached hydrogens (tertiary/aromatic N) is 3. The van der Waals surface area contributed by atoms with Crippen LogP contribution in [0.4, 0.5) is 0 Å². The molecule has 2 aliphatic heterocycles. The Labute approximate surface area is 145 Å². The number of carbonyl (C=O) groups excluding carboxylic acids is 2. The van der Waals surface area contributed by atoms with E-state index in [0.29, 0.717) is 31.7 Å². The summed E-state index contributed by atoms with van der Waals surface area (Å²) in [6, 6.07) is 0.486. The van der Waals surface area contributed by atoms with Crippen LogP contribution in [0.2, 0.25) is 0 Å². The molecule has 24 heavy (non-hydrogen) atoms. The van der Waals surface area contributed by atoms with E-state index in [0.717, 1.165) is 45.7 Å². The maximum absolute atomic E-state index is 12.0. The van der Waals surface area contributed by atoms with Crippen LogP contribution in [-0.4, -0.2) is 98.6 Å². The smallest absolute Gasteiger partial charge is 0.234 e. The van der Waals surface area contributed by atoms with Gasteiger partial charge in [0.2, 0.25) is 11.8 Å². The number of likely N-dealkylation sites (tertiary alicyclic amines) is 1. The van der Waals surface area contributed by atoms with E-state index in [1.165, 1.54) is 0 Å². The molecule has 2 amide bonds. The normalized spacial score (nSPS) is 25.9. The molecule has 0 aromatic carbocycles. The molecule has 2 fully saturated rings. The first-order chi connectivity index (χ1) is 11.5. The predicted molar refractivity (Wildman–Crippen MR) is 92.7 cm³/mol. The van der Waals surface area contributed by atoms with Crippen LogP contribution in [0.5, 0.6) is 0 Å². The second kappa shape index (κ2) is 9.34. The third kappa shape index (κ3) is 5.43. The molecule has 2 heterocycles. The van der Waals surface area contributed by atoms with Crippen LogP contribution in [0.3, 0.4) is 0 Å². The van der Waals surface area contributed by atoms with Crippen molar-refractivity contribution in [2.45, 2.75) is 26.3 Å². The molecular weight excluding hydrogens is 308 g/mol. The zero-order chi connectivity index (χ0) is 17.5. The highest BCUT2D eigenvalue weighted by atomic mass is 16.5. The van der Waals surface area contributed by atoms with Crippen LogP contribution >= 0.6 is 0 Å². The van der Waals surface area contributed by atoms with Gasteiger partial charge in [0, 0.05) is 72.5 Å². The number of amides is 2. The van der Waals surface area contributed by atoms with E-state index in [2.05, 4.69) is 22.0 Å². The molecule has 0 radical (unpaired) electrons. The fourth-order valence-corrected chi connectivity index (χ4v) is 3.72. The lowest BCUT2D eigenvalue weighted by atomic mass is 10.0. The standard InChI is InChI=1S/C17H32N4O3/c1-14-11-19(13-17(23)18-5-4-10-24-3)12-16(14)21-8-6-20(7-9-21)15(2)22/h14,16H,4-13H2,1-3H3,(H,18,23)/t14-,16+/m1/s1. The molecule has 0 aliphatic carbocycles. The fraction of sp³-hybridized carbons (Fsp3) is 0.882. The van der Waals surface area contributed by atoms with Crippen molar-refractivity contribution in [3.8, 4) is 0 Å². The second-order valence-electron chi connectivity index (χ2n) is 6.98. The van der Waals surface area contributed by atoms with Gasteiger partial charge in [-0.05, 0) is 12.3 Å². The summed E-state index contributed by atoms with van der Waals surface area (Å²) in [5.41, 5.74) is 0. The van der Waals surface area contributed by atoms with Crippen LogP contribution in [-0.2, 0) is 14.3 Å². The molecule has 2 atom stereocenters. The SMILES string of the molecule is COCCCNC(=O)CN1C[C@@H](C)[C@@H](N2CCN(C(C)=O)CC2)C1. The topological polar surface area (TPSA) is 65.1 Å². The Morgan fingerprint density at radius 3 is 2.50 bits per heavy atom. The molecule has 0 aromatic heterocycles. The summed E-state index contributed by atoms with van der Waals surface area (Å²) in [6.45, 7) is 11.1. The van der Waals surface area contributed by atoms with E-state index < -0.39 is 0 Å². The number of nitrogens with one attached hydrogen (secondary N) is 1. The molecule has 7 heteroatoms. The third-order valence-corrected chi connectivity index (χ3v) is 5.09. The van der Waals surface area contributed by atoms with Crippen LogP contribution in [0, 0.1) is 5.92 Å². The zero-order valence-electron chi connectivity index (χ0n) is 15.3. The van der Waals surface area contributed by atoms with Gasteiger partial charge in [0.25, 0.3) is 0 Å². The van der Waals surface area contributed by atoms with Gasteiger partial charge >= 0.3 is 0 Å². The maximum atomic E-state index is 12.0. The number of methoxy groups -OCH3 is 1. The van der Waals surface area contributed by atoms with Crippen LogP contribution < -0.4 is 5.32 Å². The number of ether oxygens (including phenoxy) is 1. The minimum absolute atomic E-state index is 0.0975. The average Bonchev–Trinajstić information content (AvgIpc) is 2.92. The van der Waals surface area contributed by atoms with E-state index >= 15 is 0 Å². The molecule has 0 aromatic rings. The van der Waals surface area contributed by atoms with Gasteiger partial charge in [-0.15, -0.1) is 0 Å². The summed E-state index contributed by atoms with van der Waals surface area (Å²) in [6.07, 6.45) is 0.849.